The molecule has 1 aliphatic carbocycles. The first-order valence-electron chi connectivity index (χ1n) is 11.1. The lowest BCUT2D eigenvalue weighted by atomic mass is 10.1. The SMILES string of the molecule is C[C@@H](C(=O)NC1CCCC1)N(Cc1cccc(Br)c1)C(=O)CN(c1ccc(F)cc1)S(C)(=O)=O. The summed E-state index contributed by atoms with van der Waals surface area (Å²) in [6.07, 6.45) is 4.91. The van der Waals surface area contributed by atoms with Crippen molar-refractivity contribution in [2.24, 2.45) is 0 Å². The van der Waals surface area contributed by atoms with Gasteiger partial charge in [0, 0.05) is 17.1 Å². The van der Waals surface area contributed by atoms with Crippen LogP contribution in [0.2, 0.25) is 0 Å². The summed E-state index contributed by atoms with van der Waals surface area (Å²) in [5.41, 5.74) is 0.957. The lowest BCUT2D eigenvalue weighted by Crippen LogP contribution is -2.52. The van der Waals surface area contributed by atoms with E-state index < -0.39 is 34.3 Å². The Morgan fingerprint density at radius 2 is 1.79 bits per heavy atom. The third kappa shape index (κ3) is 7.02. The van der Waals surface area contributed by atoms with Gasteiger partial charge >= 0.3 is 0 Å². The highest BCUT2D eigenvalue weighted by atomic mass is 79.9. The minimum absolute atomic E-state index is 0.0875. The molecule has 0 bridgehead atoms. The Bertz CT molecular complexity index is 1120. The fourth-order valence-electron chi connectivity index (χ4n) is 4.03. The first-order chi connectivity index (χ1) is 16.0. The van der Waals surface area contributed by atoms with Crippen LogP contribution in [0.1, 0.15) is 38.2 Å². The summed E-state index contributed by atoms with van der Waals surface area (Å²) in [7, 11) is -3.85. The average molecular weight is 554 g/mol. The van der Waals surface area contributed by atoms with Crippen LogP contribution in [0, 0.1) is 5.82 Å². The number of amides is 2. The molecule has 3 rings (SSSR count). The molecule has 0 aromatic heterocycles. The molecular formula is C24H29BrFN3O4S. The second-order valence-electron chi connectivity index (χ2n) is 8.56. The van der Waals surface area contributed by atoms with Gasteiger partial charge in [-0.3, -0.25) is 13.9 Å². The van der Waals surface area contributed by atoms with Crippen LogP contribution in [0.3, 0.4) is 0 Å². The van der Waals surface area contributed by atoms with E-state index in [1.54, 1.807) is 6.92 Å². The third-order valence-corrected chi connectivity index (χ3v) is 7.54. The fraction of sp³-hybridized carbons (Fsp3) is 0.417. The number of carbonyl (C=O) groups excluding carboxylic acids is 2. The molecule has 2 amide bonds. The average Bonchev–Trinajstić information content (AvgIpc) is 3.28. The van der Waals surface area contributed by atoms with Gasteiger partial charge in [-0.1, -0.05) is 40.9 Å². The molecule has 0 unspecified atom stereocenters. The van der Waals surface area contributed by atoms with Crippen molar-refractivity contribution in [3.8, 4) is 0 Å². The molecule has 0 aliphatic heterocycles. The van der Waals surface area contributed by atoms with E-state index in [1.807, 2.05) is 24.3 Å². The lowest BCUT2D eigenvalue weighted by Gasteiger charge is -2.32. The first kappa shape index (κ1) is 26.2. The van der Waals surface area contributed by atoms with Crippen LogP contribution in [0.25, 0.3) is 0 Å². The number of halogens is 2. The van der Waals surface area contributed by atoms with Gasteiger partial charge in [-0.15, -0.1) is 0 Å². The standard InChI is InChI=1S/C24H29BrFN3O4S/c1-17(24(31)27-21-8-3-4-9-21)28(15-18-6-5-7-19(25)14-18)23(30)16-29(34(2,32)33)22-12-10-20(26)11-13-22/h5-7,10-14,17,21H,3-4,8-9,15-16H2,1-2H3,(H,27,31)/t17-/m0/s1. The van der Waals surface area contributed by atoms with Crippen molar-refractivity contribution in [3.05, 3.63) is 64.4 Å². The molecule has 0 spiro atoms. The Morgan fingerprint density at radius 3 is 2.38 bits per heavy atom. The topological polar surface area (TPSA) is 86.8 Å². The van der Waals surface area contributed by atoms with E-state index in [9.17, 15) is 22.4 Å². The zero-order valence-corrected chi connectivity index (χ0v) is 21.6. The highest BCUT2D eigenvalue weighted by Gasteiger charge is 2.31. The molecule has 1 atom stereocenters. The molecule has 184 valence electrons. The van der Waals surface area contributed by atoms with Crippen molar-refractivity contribution in [3.63, 3.8) is 0 Å². The molecule has 7 nitrogen and oxygen atoms in total. The number of anilines is 1. The second kappa shape index (κ2) is 11.3. The van der Waals surface area contributed by atoms with E-state index >= 15 is 0 Å². The summed E-state index contributed by atoms with van der Waals surface area (Å²) >= 11 is 3.42. The number of hydrogen-bond acceptors (Lipinski definition) is 4. The van der Waals surface area contributed by atoms with Crippen molar-refractivity contribution < 1.29 is 22.4 Å². The van der Waals surface area contributed by atoms with Crippen molar-refractivity contribution in [1.82, 2.24) is 10.2 Å². The van der Waals surface area contributed by atoms with Gasteiger partial charge in [0.25, 0.3) is 0 Å². The summed E-state index contributed by atoms with van der Waals surface area (Å²) in [5.74, 6) is -1.33. The van der Waals surface area contributed by atoms with Crippen molar-refractivity contribution in [2.75, 3.05) is 17.1 Å². The molecule has 1 saturated carbocycles. The number of rotatable bonds is 9. The smallest absolute Gasteiger partial charge is 0.244 e. The lowest BCUT2D eigenvalue weighted by molar-refractivity contribution is -0.139. The van der Waals surface area contributed by atoms with Crippen molar-refractivity contribution in [2.45, 2.75) is 51.2 Å². The van der Waals surface area contributed by atoms with E-state index in [0.717, 1.165) is 58.4 Å². The molecule has 10 heteroatoms. The van der Waals surface area contributed by atoms with Crippen LogP contribution in [0.5, 0.6) is 0 Å². The van der Waals surface area contributed by atoms with Gasteiger partial charge in [-0.2, -0.15) is 0 Å². The van der Waals surface area contributed by atoms with Crippen LogP contribution in [-0.2, 0) is 26.2 Å². The highest BCUT2D eigenvalue weighted by Crippen LogP contribution is 2.21. The molecular weight excluding hydrogens is 525 g/mol. The number of hydrogen-bond donors (Lipinski definition) is 1. The van der Waals surface area contributed by atoms with Crippen molar-refractivity contribution >= 4 is 43.5 Å². The molecule has 1 aliphatic rings. The molecule has 0 heterocycles. The summed E-state index contributed by atoms with van der Waals surface area (Å²) < 4.78 is 40.1. The Kier molecular flexibility index (Phi) is 8.70. The quantitative estimate of drug-likeness (QED) is 0.511. The van der Waals surface area contributed by atoms with Crippen LogP contribution in [-0.4, -0.2) is 50.0 Å². The van der Waals surface area contributed by atoms with Crippen LogP contribution in [0.4, 0.5) is 10.1 Å². The zero-order valence-electron chi connectivity index (χ0n) is 19.2. The van der Waals surface area contributed by atoms with Gasteiger partial charge < -0.3 is 10.2 Å². The predicted octanol–water partition coefficient (Wildman–Crippen LogP) is 3.83. The number of sulfonamides is 1. The number of nitrogens with zero attached hydrogens (tertiary/aromatic N) is 2. The Morgan fingerprint density at radius 1 is 1.15 bits per heavy atom. The molecule has 2 aromatic carbocycles. The van der Waals surface area contributed by atoms with Crippen LogP contribution in [0.15, 0.2) is 53.0 Å². The number of benzene rings is 2. The monoisotopic (exact) mass is 553 g/mol. The maximum absolute atomic E-state index is 13.5. The first-order valence-corrected chi connectivity index (χ1v) is 13.8. The number of nitrogens with one attached hydrogen (secondary N) is 1. The molecule has 0 radical (unpaired) electrons. The minimum atomic E-state index is -3.85. The van der Waals surface area contributed by atoms with E-state index in [2.05, 4.69) is 21.2 Å². The van der Waals surface area contributed by atoms with E-state index in [4.69, 9.17) is 0 Å². The summed E-state index contributed by atoms with van der Waals surface area (Å²) in [5, 5.41) is 3.02. The Labute approximate surface area is 208 Å². The van der Waals surface area contributed by atoms with Crippen LogP contribution < -0.4 is 9.62 Å². The van der Waals surface area contributed by atoms with Crippen LogP contribution >= 0.6 is 15.9 Å². The minimum Gasteiger partial charge on any atom is -0.352 e. The summed E-state index contributed by atoms with van der Waals surface area (Å²) in [6, 6.07) is 11.5. The van der Waals surface area contributed by atoms with Gasteiger partial charge in [0.15, 0.2) is 0 Å². The normalized spacial score (nSPS) is 15.1. The number of carbonyl (C=O) groups is 2. The molecule has 1 N–H and O–H groups in total. The molecule has 2 aromatic rings. The molecule has 1 fully saturated rings. The second-order valence-corrected chi connectivity index (χ2v) is 11.4. The fourth-order valence-corrected chi connectivity index (χ4v) is 5.32. The van der Waals surface area contributed by atoms with E-state index in [1.165, 1.54) is 17.0 Å². The van der Waals surface area contributed by atoms with E-state index in [0.29, 0.717) is 0 Å². The molecule has 34 heavy (non-hydrogen) atoms. The van der Waals surface area contributed by atoms with Gasteiger partial charge in [0.05, 0.1) is 11.9 Å². The summed E-state index contributed by atoms with van der Waals surface area (Å²) in [4.78, 5) is 27.9. The van der Waals surface area contributed by atoms with Gasteiger partial charge in [0.2, 0.25) is 21.8 Å². The van der Waals surface area contributed by atoms with Crippen molar-refractivity contribution in [1.29, 1.82) is 0 Å². The van der Waals surface area contributed by atoms with Gasteiger partial charge in [-0.05, 0) is 61.7 Å². The third-order valence-electron chi connectivity index (χ3n) is 5.90. The maximum Gasteiger partial charge on any atom is 0.244 e. The highest BCUT2D eigenvalue weighted by molar-refractivity contribution is 9.10. The Hall–Kier alpha value is -2.46. The maximum atomic E-state index is 13.5. The van der Waals surface area contributed by atoms with Gasteiger partial charge in [-0.25, -0.2) is 12.8 Å². The summed E-state index contributed by atoms with van der Waals surface area (Å²) in [6.45, 7) is 1.25. The molecule has 0 saturated heterocycles. The van der Waals surface area contributed by atoms with Gasteiger partial charge in [0.1, 0.15) is 18.4 Å². The van der Waals surface area contributed by atoms with E-state index in [-0.39, 0.29) is 24.2 Å². The predicted molar refractivity (Wildman–Crippen MR) is 133 cm³/mol. The largest absolute Gasteiger partial charge is 0.352 e. The Balaban J connectivity index is 1.87. The zero-order chi connectivity index (χ0) is 24.9.